The van der Waals surface area contributed by atoms with E-state index in [1.165, 1.54) is 49.3 Å². The van der Waals surface area contributed by atoms with Crippen molar-refractivity contribution in [2.24, 2.45) is 0 Å². The highest BCUT2D eigenvalue weighted by molar-refractivity contribution is 6.20. The van der Waals surface area contributed by atoms with Gasteiger partial charge in [0.2, 0.25) is 0 Å². The van der Waals surface area contributed by atoms with Crippen molar-refractivity contribution in [3.05, 3.63) is 139 Å². The first-order valence-electron chi connectivity index (χ1n) is 13.9. The lowest BCUT2D eigenvalue weighted by atomic mass is 9.90. The number of benzene rings is 6. The van der Waals surface area contributed by atoms with Crippen LogP contribution in [-0.2, 0) is 0 Å². The number of allylic oxidation sites excluding steroid dienone is 1. The molecule has 40 heavy (non-hydrogen) atoms. The molecule has 0 fully saturated rings. The summed E-state index contributed by atoms with van der Waals surface area (Å²) in [6.45, 7) is 8.39. The van der Waals surface area contributed by atoms with Crippen molar-refractivity contribution in [3.8, 4) is 0 Å². The van der Waals surface area contributed by atoms with E-state index in [-0.39, 0.29) is 0 Å². The molecule has 0 amide bonds. The summed E-state index contributed by atoms with van der Waals surface area (Å²) in [6.07, 6.45) is 4.24. The second kappa shape index (κ2) is 9.94. The van der Waals surface area contributed by atoms with Crippen LogP contribution in [0.15, 0.2) is 122 Å². The van der Waals surface area contributed by atoms with Crippen molar-refractivity contribution in [3.63, 3.8) is 0 Å². The number of rotatable bonds is 5. The maximum Gasteiger partial charge on any atom is 0.0889 e. The minimum Gasteiger partial charge on any atom is -0.381 e. The van der Waals surface area contributed by atoms with Crippen LogP contribution in [0.25, 0.3) is 44.0 Å². The lowest BCUT2D eigenvalue weighted by molar-refractivity contribution is 0.881. The van der Waals surface area contributed by atoms with E-state index in [1.807, 2.05) is 0 Å². The maximum absolute atomic E-state index is 4.67. The molecule has 0 unspecified atom stereocenters. The molecule has 1 aliphatic rings. The molecule has 0 atom stereocenters. The maximum atomic E-state index is 4.67. The summed E-state index contributed by atoms with van der Waals surface area (Å²) in [6, 6.07) is 38.9. The topological polar surface area (TPSA) is 27.3 Å². The molecule has 1 aliphatic heterocycles. The average molecular weight is 518 g/mol. The highest BCUT2D eigenvalue weighted by Crippen LogP contribution is 2.44. The monoisotopic (exact) mass is 517 g/mol. The molecule has 6 aromatic rings. The lowest BCUT2D eigenvalue weighted by Crippen LogP contribution is -2.39. The molecule has 0 saturated heterocycles. The van der Waals surface area contributed by atoms with Gasteiger partial charge in [0.1, 0.15) is 0 Å². The smallest absolute Gasteiger partial charge is 0.0889 e. The number of nitrogens with one attached hydrogen (secondary N) is 2. The van der Waals surface area contributed by atoms with Crippen LogP contribution in [0.2, 0.25) is 0 Å². The van der Waals surface area contributed by atoms with Gasteiger partial charge in [-0.1, -0.05) is 122 Å². The second-order valence-electron chi connectivity index (χ2n) is 10.3. The highest BCUT2D eigenvalue weighted by atomic mass is 15.5. The normalized spacial score (nSPS) is 13.1. The number of anilines is 3. The predicted molar refractivity (Wildman–Crippen MR) is 174 cm³/mol. The van der Waals surface area contributed by atoms with Crippen LogP contribution in [0.5, 0.6) is 0 Å². The summed E-state index contributed by atoms with van der Waals surface area (Å²) in [7, 11) is 0. The Bertz CT molecular complexity index is 1950. The third kappa shape index (κ3) is 3.90. The number of hydrazine groups is 1. The van der Waals surface area contributed by atoms with Crippen molar-refractivity contribution < 1.29 is 0 Å². The van der Waals surface area contributed by atoms with Crippen molar-refractivity contribution >= 4 is 61.0 Å². The molecule has 194 valence electrons. The number of hydrogen-bond donors (Lipinski definition) is 2. The third-order valence-corrected chi connectivity index (χ3v) is 7.93. The summed E-state index contributed by atoms with van der Waals surface area (Å²) in [5.41, 5.74) is 11.7. The molecule has 0 spiro atoms. The number of hydrogen-bond acceptors (Lipinski definition) is 3. The van der Waals surface area contributed by atoms with Crippen LogP contribution in [-0.4, -0.2) is 13.1 Å². The molecule has 3 nitrogen and oxygen atoms in total. The first-order valence-corrected chi connectivity index (χ1v) is 13.9. The van der Waals surface area contributed by atoms with E-state index in [4.69, 9.17) is 0 Å². The van der Waals surface area contributed by atoms with E-state index in [0.29, 0.717) is 0 Å². The summed E-state index contributed by atoms with van der Waals surface area (Å²) < 4.78 is 0. The van der Waals surface area contributed by atoms with E-state index in [0.717, 1.165) is 35.5 Å². The van der Waals surface area contributed by atoms with Gasteiger partial charge >= 0.3 is 0 Å². The second-order valence-corrected chi connectivity index (χ2v) is 10.3. The minimum absolute atomic E-state index is 0.823. The zero-order valence-corrected chi connectivity index (χ0v) is 22.6. The van der Waals surface area contributed by atoms with Gasteiger partial charge in [-0.2, -0.15) is 0 Å². The molecule has 7 rings (SSSR count). The van der Waals surface area contributed by atoms with Gasteiger partial charge in [0, 0.05) is 22.9 Å². The Kier molecular flexibility index (Phi) is 5.98. The van der Waals surface area contributed by atoms with Crippen LogP contribution >= 0.6 is 0 Å². The fourth-order valence-corrected chi connectivity index (χ4v) is 6.16. The minimum atomic E-state index is 0.823. The predicted octanol–water partition coefficient (Wildman–Crippen LogP) is 9.50. The molecule has 0 saturated carbocycles. The highest BCUT2D eigenvalue weighted by Gasteiger charge is 2.24. The van der Waals surface area contributed by atoms with E-state index >= 15 is 0 Å². The van der Waals surface area contributed by atoms with E-state index in [2.05, 4.69) is 151 Å². The van der Waals surface area contributed by atoms with E-state index in [9.17, 15) is 0 Å². The fourth-order valence-electron chi connectivity index (χ4n) is 6.16. The zero-order chi connectivity index (χ0) is 27.1. The lowest BCUT2D eigenvalue weighted by Gasteiger charge is -2.36. The van der Waals surface area contributed by atoms with Gasteiger partial charge in [-0.15, -0.1) is 0 Å². The Morgan fingerprint density at radius 2 is 1.40 bits per heavy atom. The molecule has 0 bridgehead atoms. The fraction of sp³-hybridized carbons (Fsp3) is 0.0811. The molecular formula is C37H31N3. The zero-order valence-electron chi connectivity index (χ0n) is 22.6. The molecule has 2 N–H and O–H groups in total. The van der Waals surface area contributed by atoms with Gasteiger partial charge < -0.3 is 5.32 Å². The van der Waals surface area contributed by atoms with Crippen LogP contribution in [0.1, 0.15) is 23.6 Å². The van der Waals surface area contributed by atoms with Gasteiger partial charge in [-0.3, -0.25) is 10.4 Å². The SMILES string of the molecule is C=C(c1ccccc1/C=C\C)c1c(NN2CCNc3c2c2ccccc2c2ccccc32)ccc2ccccc12. The van der Waals surface area contributed by atoms with Crippen molar-refractivity contribution in [1.29, 1.82) is 0 Å². The van der Waals surface area contributed by atoms with Gasteiger partial charge in [0.25, 0.3) is 0 Å². The van der Waals surface area contributed by atoms with Crippen LogP contribution in [0, 0.1) is 0 Å². The summed E-state index contributed by atoms with van der Waals surface area (Å²) in [4.78, 5) is 0. The Balaban J connectivity index is 1.42. The van der Waals surface area contributed by atoms with Gasteiger partial charge in [0.05, 0.1) is 23.6 Å². The number of nitrogens with zero attached hydrogens (tertiary/aromatic N) is 1. The van der Waals surface area contributed by atoms with Crippen molar-refractivity contribution in [2.75, 3.05) is 28.8 Å². The molecule has 0 aromatic heterocycles. The average Bonchev–Trinajstić information content (AvgIpc) is 3.01. The standard InChI is InChI=1S/C37H31N3/c1-3-12-26-13-4-6-15-28(26)25(2)35-29-16-7-5-14-27(29)21-22-34(35)39-40-24-23-38-36-32-19-10-8-17-30(32)31-18-9-11-20-33(31)37(36)40/h3-22,38-39H,2,23-24H2,1H3/b12-3-. The Hall–Kier alpha value is -5.02. The number of fused-ring (bicyclic) bond motifs is 7. The third-order valence-electron chi connectivity index (χ3n) is 7.93. The first kappa shape index (κ1) is 24.1. The summed E-state index contributed by atoms with van der Waals surface area (Å²) in [5, 5.41) is 13.4. The Morgan fingerprint density at radius 1 is 0.750 bits per heavy atom. The molecule has 0 aliphatic carbocycles. The first-order chi connectivity index (χ1) is 19.7. The molecule has 6 aromatic carbocycles. The van der Waals surface area contributed by atoms with Gasteiger partial charge in [0.15, 0.2) is 0 Å². The van der Waals surface area contributed by atoms with Crippen molar-refractivity contribution in [2.45, 2.75) is 6.92 Å². The Labute approximate surface area is 235 Å². The molecule has 1 heterocycles. The quantitative estimate of drug-likeness (QED) is 0.223. The molecule has 3 heteroatoms. The van der Waals surface area contributed by atoms with E-state index in [1.54, 1.807) is 0 Å². The van der Waals surface area contributed by atoms with Crippen molar-refractivity contribution in [1.82, 2.24) is 0 Å². The summed E-state index contributed by atoms with van der Waals surface area (Å²) in [5.74, 6) is 0. The van der Waals surface area contributed by atoms with Crippen LogP contribution in [0.3, 0.4) is 0 Å². The molecule has 0 radical (unpaired) electrons. The summed E-state index contributed by atoms with van der Waals surface area (Å²) >= 11 is 0. The molecular weight excluding hydrogens is 486 g/mol. The van der Waals surface area contributed by atoms with Crippen LogP contribution < -0.4 is 15.8 Å². The van der Waals surface area contributed by atoms with Crippen LogP contribution in [0.4, 0.5) is 17.1 Å². The largest absolute Gasteiger partial charge is 0.381 e. The Morgan fingerprint density at radius 3 is 2.20 bits per heavy atom. The van der Waals surface area contributed by atoms with E-state index < -0.39 is 0 Å². The van der Waals surface area contributed by atoms with Gasteiger partial charge in [-0.05, 0) is 51.2 Å². The van der Waals surface area contributed by atoms with Gasteiger partial charge in [-0.25, -0.2) is 0 Å².